The molecule has 0 bridgehead atoms. The number of pyridine rings is 1. The van der Waals surface area contributed by atoms with E-state index in [0.29, 0.717) is 16.4 Å². The predicted molar refractivity (Wildman–Crippen MR) is 114 cm³/mol. The second-order valence-electron chi connectivity index (χ2n) is 7.02. The lowest BCUT2D eigenvalue weighted by molar-refractivity contribution is 0.0977. The largest absolute Gasteiger partial charge is 0.315 e. The molecule has 0 aliphatic carbocycles. The third-order valence-electron chi connectivity index (χ3n) is 5.17. The van der Waals surface area contributed by atoms with Gasteiger partial charge in [-0.3, -0.25) is 9.69 Å². The Labute approximate surface area is 170 Å². The first-order chi connectivity index (χ1) is 13.6. The number of aromatic nitrogens is 1. The van der Waals surface area contributed by atoms with Crippen LogP contribution in [-0.4, -0.2) is 30.0 Å². The third-order valence-corrected chi connectivity index (χ3v) is 5.47. The van der Waals surface area contributed by atoms with Crippen LogP contribution >= 0.6 is 11.6 Å². The molecule has 5 heteroatoms. The Kier molecular flexibility index (Phi) is 5.42. The first kappa shape index (κ1) is 18.7. The summed E-state index contributed by atoms with van der Waals surface area (Å²) in [6, 6.07) is 19.6. The zero-order valence-electron chi connectivity index (χ0n) is 15.7. The minimum absolute atomic E-state index is 0.0379. The monoisotopic (exact) mass is 391 g/mol. The SMILES string of the molecule is Cc1ccccc1-c1ccc(C(=O)N(c2ncccc2Cl)[C@@H]2CCNC2)cc1. The molecule has 4 nitrogen and oxygen atoms in total. The van der Waals surface area contributed by atoms with Crippen LogP contribution in [0.15, 0.2) is 66.9 Å². The molecule has 1 saturated heterocycles. The van der Waals surface area contributed by atoms with Gasteiger partial charge in [0.1, 0.15) is 0 Å². The van der Waals surface area contributed by atoms with Gasteiger partial charge < -0.3 is 5.32 Å². The van der Waals surface area contributed by atoms with Gasteiger partial charge in [0, 0.05) is 18.3 Å². The first-order valence-electron chi connectivity index (χ1n) is 9.46. The number of amides is 1. The molecule has 0 unspecified atom stereocenters. The van der Waals surface area contributed by atoms with Gasteiger partial charge in [0.15, 0.2) is 5.82 Å². The summed E-state index contributed by atoms with van der Waals surface area (Å²) in [4.78, 5) is 19.5. The van der Waals surface area contributed by atoms with Gasteiger partial charge in [0.05, 0.1) is 11.1 Å². The molecule has 1 aliphatic heterocycles. The van der Waals surface area contributed by atoms with Crippen LogP contribution in [0.5, 0.6) is 0 Å². The summed E-state index contributed by atoms with van der Waals surface area (Å²) in [5, 5.41) is 3.81. The lowest BCUT2D eigenvalue weighted by Gasteiger charge is -2.28. The predicted octanol–water partition coefficient (Wildman–Crippen LogP) is 4.72. The van der Waals surface area contributed by atoms with Gasteiger partial charge in [-0.1, -0.05) is 48.0 Å². The molecule has 142 valence electrons. The molecule has 0 saturated carbocycles. The van der Waals surface area contributed by atoms with Crippen molar-refractivity contribution in [3.8, 4) is 11.1 Å². The topological polar surface area (TPSA) is 45.2 Å². The summed E-state index contributed by atoms with van der Waals surface area (Å²) in [7, 11) is 0. The third kappa shape index (κ3) is 3.66. The highest BCUT2D eigenvalue weighted by atomic mass is 35.5. The molecule has 1 atom stereocenters. The Hall–Kier alpha value is -2.69. The van der Waals surface area contributed by atoms with E-state index in [9.17, 15) is 4.79 Å². The number of nitrogens with one attached hydrogen (secondary N) is 1. The average Bonchev–Trinajstić information content (AvgIpc) is 3.24. The maximum Gasteiger partial charge on any atom is 0.259 e. The summed E-state index contributed by atoms with van der Waals surface area (Å²) in [6.45, 7) is 3.71. The zero-order valence-corrected chi connectivity index (χ0v) is 16.5. The number of hydrogen-bond acceptors (Lipinski definition) is 3. The van der Waals surface area contributed by atoms with E-state index < -0.39 is 0 Å². The molecule has 0 radical (unpaired) electrons. The number of carbonyl (C=O) groups excluding carboxylic acids is 1. The molecule has 1 N–H and O–H groups in total. The summed E-state index contributed by atoms with van der Waals surface area (Å²) >= 11 is 6.37. The number of carbonyl (C=O) groups is 1. The summed E-state index contributed by atoms with van der Waals surface area (Å²) < 4.78 is 0. The Morgan fingerprint density at radius 1 is 1.11 bits per heavy atom. The number of rotatable bonds is 4. The zero-order chi connectivity index (χ0) is 19.5. The fraction of sp³-hybridized carbons (Fsp3) is 0.217. The van der Waals surface area contributed by atoms with Crippen molar-refractivity contribution in [2.24, 2.45) is 0 Å². The van der Waals surface area contributed by atoms with Gasteiger partial charge >= 0.3 is 0 Å². The molecular weight excluding hydrogens is 370 g/mol. The molecule has 28 heavy (non-hydrogen) atoms. The number of nitrogens with zero attached hydrogens (tertiary/aromatic N) is 2. The van der Waals surface area contributed by atoms with Gasteiger partial charge in [-0.2, -0.15) is 0 Å². The first-order valence-corrected chi connectivity index (χ1v) is 9.84. The van der Waals surface area contributed by atoms with E-state index >= 15 is 0 Å². The quantitative estimate of drug-likeness (QED) is 0.700. The minimum Gasteiger partial charge on any atom is -0.315 e. The van der Waals surface area contributed by atoms with Gasteiger partial charge in [0.2, 0.25) is 0 Å². The molecule has 1 amide bonds. The van der Waals surface area contributed by atoms with Crippen LogP contribution in [0.1, 0.15) is 22.3 Å². The number of anilines is 1. The van der Waals surface area contributed by atoms with Crippen molar-refractivity contribution in [2.75, 3.05) is 18.0 Å². The van der Waals surface area contributed by atoms with Crippen LogP contribution < -0.4 is 10.2 Å². The van der Waals surface area contributed by atoms with Crippen LogP contribution in [0, 0.1) is 6.92 Å². The number of aryl methyl sites for hydroxylation is 1. The van der Waals surface area contributed by atoms with Crippen molar-refractivity contribution in [1.29, 1.82) is 0 Å². The van der Waals surface area contributed by atoms with Crippen molar-refractivity contribution in [1.82, 2.24) is 10.3 Å². The molecule has 3 aromatic rings. The average molecular weight is 392 g/mol. The standard InChI is InChI=1S/C23H22ClN3O/c1-16-5-2-3-6-20(16)17-8-10-18(11-9-17)23(28)27(19-12-14-25-15-19)22-21(24)7-4-13-26-22/h2-11,13,19,25H,12,14-15H2,1H3/t19-/m1/s1. The number of halogens is 1. The Balaban J connectivity index is 1.67. The molecule has 0 spiro atoms. The Morgan fingerprint density at radius 3 is 2.57 bits per heavy atom. The van der Waals surface area contributed by atoms with Gasteiger partial charge in [-0.05, 0) is 60.8 Å². The maximum absolute atomic E-state index is 13.4. The molecule has 1 aliphatic rings. The fourth-order valence-electron chi connectivity index (χ4n) is 3.68. The second kappa shape index (κ2) is 8.13. The molecule has 2 heterocycles. The van der Waals surface area contributed by atoms with Crippen molar-refractivity contribution in [3.63, 3.8) is 0 Å². The van der Waals surface area contributed by atoms with E-state index in [2.05, 4.69) is 29.4 Å². The van der Waals surface area contributed by atoms with E-state index in [1.165, 1.54) is 11.1 Å². The van der Waals surface area contributed by atoms with Gasteiger partial charge in [0.25, 0.3) is 5.91 Å². The van der Waals surface area contributed by atoms with Crippen LogP contribution in [0.2, 0.25) is 5.02 Å². The number of benzene rings is 2. The molecule has 1 fully saturated rings. The highest BCUT2D eigenvalue weighted by Crippen LogP contribution is 2.29. The highest BCUT2D eigenvalue weighted by molar-refractivity contribution is 6.33. The van der Waals surface area contributed by atoms with E-state index in [1.54, 1.807) is 23.2 Å². The smallest absolute Gasteiger partial charge is 0.259 e. The van der Waals surface area contributed by atoms with Crippen LogP contribution in [0.25, 0.3) is 11.1 Å². The van der Waals surface area contributed by atoms with Crippen molar-refractivity contribution >= 4 is 23.3 Å². The molecule has 1 aromatic heterocycles. The Morgan fingerprint density at radius 2 is 1.89 bits per heavy atom. The Bertz CT molecular complexity index is 981. The molecule has 2 aromatic carbocycles. The highest BCUT2D eigenvalue weighted by Gasteiger charge is 2.31. The van der Waals surface area contributed by atoms with Gasteiger partial charge in [-0.15, -0.1) is 0 Å². The second-order valence-corrected chi connectivity index (χ2v) is 7.43. The fourth-order valence-corrected chi connectivity index (χ4v) is 3.89. The number of hydrogen-bond donors (Lipinski definition) is 1. The van der Waals surface area contributed by atoms with Crippen molar-refractivity contribution in [2.45, 2.75) is 19.4 Å². The van der Waals surface area contributed by atoms with E-state index in [1.807, 2.05) is 36.4 Å². The van der Waals surface area contributed by atoms with Crippen LogP contribution in [0.4, 0.5) is 5.82 Å². The van der Waals surface area contributed by atoms with Crippen LogP contribution in [-0.2, 0) is 0 Å². The van der Waals surface area contributed by atoms with Crippen molar-refractivity contribution in [3.05, 3.63) is 83.0 Å². The normalized spacial score (nSPS) is 16.1. The maximum atomic E-state index is 13.4. The summed E-state index contributed by atoms with van der Waals surface area (Å²) in [5.74, 6) is 0.441. The van der Waals surface area contributed by atoms with E-state index in [-0.39, 0.29) is 11.9 Å². The minimum atomic E-state index is -0.0781. The summed E-state index contributed by atoms with van der Waals surface area (Å²) in [6.07, 6.45) is 2.55. The van der Waals surface area contributed by atoms with E-state index in [0.717, 1.165) is 25.1 Å². The van der Waals surface area contributed by atoms with Gasteiger partial charge in [-0.25, -0.2) is 4.98 Å². The van der Waals surface area contributed by atoms with Crippen LogP contribution in [0.3, 0.4) is 0 Å². The molecular formula is C23H22ClN3O. The summed E-state index contributed by atoms with van der Waals surface area (Å²) in [5.41, 5.74) is 4.11. The lowest BCUT2D eigenvalue weighted by atomic mass is 9.99. The molecule has 4 rings (SSSR count). The lowest BCUT2D eigenvalue weighted by Crippen LogP contribution is -2.42. The van der Waals surface area contributed by atoms with E-state index in [4.69, 9.17) is 11.6 Å². The van der Waals surface area contributed by atoms with Crippen molar-refractivity contribution < 1.29 is 4.79 Å².